The van der Waals surface area contributed by atoms with Crippen LogP contribution >= 0.6 is 11.6 Å². The number of nitrogens with zero attached hydrogens (tertiary/aromatic N) is 4. The minimum atomic E-state index is -0.194. The minimum Gasteiger partial charge on any atom is -0.383 e. The van der Waals surface area contributed by atoms with Gasteiger partial charge in [0.15, 0.2) is 0 Å². The van der Waals surface area contributed by atoms with Gasteiger partial charge in [0.2, 0.25) is 5.91 Å². The van der Waals surface area contributed by atoms with E-state index in [1.165, 1.54) is 6.42 Å². The molecule has 2 aromatic carbocycles. The molecule has 4 aromatic rings. The third-order valence-electron chi connectivity index (χ3n) is 8.17. The van der Waals surface area contributed by atoms with Crippen LogP contribution < -0.4 is 11.1 Å². The SMILES string of the molecule is Cc1cc2c(N)nccc2c(C)c1CNC(=O)c1cnn(Cc2ccc(CC(=O)N3CC4CC4C3)c(Cl)c2)c1. The first-order chi connectivity index (χ1) is 18.8. The predicted octanol–water partition coefficient (Wildman–Crippen LogP) is 4.28. The lowest BCUT2D eigenvalue weighted by molar-refractivity contribution is -0.129. The fraction of sp³-hybridized carbons (Fsp3) is 0.333. The van der Waals surface area contributed by atoms with Gasteiger partial charge in [-0.2, -0.15) is 5.10 Å². The van der Waals surface area contributed by atoms with E-state index >= 15 is 0 Å². The number of hydrogen-bond acceptors (Lipinski definition) is 5. The summed E-state index contributed by atoms with van der Waals surface area (Å²) in [6.07, 6.45) is 6.59. The lowest BCUT2D eigenvalue weighted by Gasteiger charge is -2.18. The second-order valence-electron chi connectivity index (χ2n) is 10.9. The lowest BCUT2D eigenvalue weighted by Crippen LogP contribution is -2.31. The number of pyridine rings is 1. The van der Waals surface area contributed by atoms with Gasteiger partial charge < -0.3 is 16.0 Å². The Labute approximate surface area is 232 Å². The van der Waals surface area contributed by atoms with Gasteiger partial charge in [0.05, 0.1) is 24.7 Å². The molecule has 200 valence electrons. The van der Waals surface area contributed by atoms with Crippen molar-refractivity contribution in [3.8, 4) is 0 Å². The van der Waals surface area contributed by atoms with Crippen LogP contribution in [0.15, 0.2) is 48.9 Å². The van der Waals surface area contributed by atoms with Crippen molar-refractivity contribution in [2.45, 2.75) is 39.8 Å². The van der Waals surface area contributed by atoms with E-state index in [9.17, 15) is 9.59 Å². The van der Waals surface area contributed by atoms with Crippen LogP contribution in [-0.4, -0.2) is 44.6 Å². The Hall–Kier alpha value is -3.91. The molecular formula is C30H31ClN6O2. The first-order valence-corrected chi connectivity index (χ1v) is 13.6. The number of likely N-dealkylation sites (tertiary alicyclic amines) is 1. The van der Waals surface area contributed by atoms with Gasteiger partial charge in [0, 0.05) is 42.4 Å². The van der Waals surface area contributed by atoms with Crippen molar-refractivity contribution in [1.82, 2.24) is 25.0 Å². The van der Waals surface area contributed by atoms with Crippen LogP contribution in [0.2, 0.25) is 5.02 Å². The summed E-state index contributed by atoms with van der Waals surface area (Å²) in [7, 11) is 0. The maximum absolute atomic E-state index is 12.9. The summed E-state index contributed by atoms with van der Waals surface area (Å²) in [5, 5.41) is 9.92. The number of nitrogens with one attached hydrogen (secondary N) is 1. The average Bonchev–Trinajstić information content (AvgIpc) is 3.27. The number of fused-ring (bicyclic) bond motifs is 2. The molecule has 3 heterocycles. The molecule has 0 radical (unpaired) electrons. The number of aromatic nitrogens is 3. The number of anilines is 1. The molecule has 2 aliphatic rings. The van der Waals surface area contributed by atoms with Gasteiger partial charge >= 0.3 is 0 Å². The van der Waals surface area contributed by atoms with Crippen LogP contribution in [0, 0.1) is 25.7 Å². The number of rotatable bonds is 7. The van der Waals surface area contributed by atoms with Crippen molar-refractivity contribution in [2.24, 2.45) is 11.8 Å². The van der Waals surface area contributed by atoms with Crippen molar-refractivity contribution >= 4 is 40.0 Å². The highest BCUT2D eigenvalue weighted by Crippen LogP contribution is 2.45. The summed E-state index contributed by atoms with van der Waals surface area (Å²) < 4.78 is 1.71. The van der Waals surface area contributed by atoms with Gasteiger partial charge in [-0.3, -0.25) is 14.3 Å². The van der Waals surface area contributed by atoms with E-state index in [4.69, 9.17) is 17.3 Å². The number of carbonyl (C=O) groups is 2. The van der Waals surface area contributed by atoms with Crippen molar-refractivity contribution in [1.29, 1.82) is 0 Å². The fourth-order valence-corrected chi connectivity index (χ4v) is 6.01. The molecule has 0 spiro atoms. The van der Waals surface area contributed by atoms with Gasteiger partial charge in [-0.25, -0.2) is 4.98 Å². The standard InChI is InChI=1S/C30H31ClN6O2/c1-17-7-25-24(5-6-33-29(25)32)18(2)26(17)12-34-30(39)23-11-35-37(16-23)13-19-3-4-20(27(31)8-19)10-28(38)36-14-21-9-22(21)15-36/h3-8,11,16,21-22H,9-10,12-15H2,1-2H3,(H2,32,33)(H,34,39). The van der Waals surface area contributed by atoms with E-state index in [1.807, 2.05) is 49.1 Å². The molecule has 1 saturated heterocycles. The molecular weight excluding hydrogens is 512 g/mol. The van der Waals surface area contributed by atoms with E-state index in [0.29, 0.717) is 35.9 Å². The number of nitrogen functional groups attached to an aromatic ring is 1. The quantitative estimate of drug-likeness (QED) is 0.362. The van der Waals surface area contributed by atoms with Crippen LogP contribution in [0.5, 0.6) is 0 Å². The number of halogens is 1. The van der Waals surface area contributed by atoms with E-state index in [-0.39, 0.29) is 11.8 Å². The Kier molecular flexibility index (Phi) is 6.51. The van der Waals surface area contributed by atoms with Gasteiger partial charge in [0.1, 0.15) is 5.82 Å². The van der Waals surface area contributed by atoms with Crippen LogP contribution in [-0.2, 0) is 24.3 Å². The van der Waals surface area contributed by atoms with Crippen molar-refractivity contribution in [3.05, 3.63) is 87.3 Å². The number of aryl methyl sites for hydroxylation is 2. The summed E-state index contributed by atoms with van der Waals surface area (Å²) in [5.74, 6) is 1.90. The highest BCUT2D eigenvalue weighted by atomic mass is 35.5. The van der Waals surface area contributed by atoms with Gasteiger partial charge in [-0.05, 0) is 83.5 Å². The molecule has 39 heavy (non-hydrogen) atoms. The number of nitrogens with two attached hydrogens (primary N) is 1. The van der Waals surface area contributed by atoms with E-state index in [0.717, 1.165) is 63.5 Å². The maximum Gasteiger partial charge on any atom is 0.254 e. The van der Waals surface area contributed by atoms with Crippen molar-refractivity contribution < 1.29 is 9.59 Å². The number of amides is 2. The smallest absolute Gasteiger partial charge is 0.254 e. The number of carbonyl (C=O) groups excluding carboxylic acids is 2. The molecule has 2 aromatic heterocycles. The molecule has 1 saturated carbocycles. The molecule has 2 fully saturated rings. The summed E-state index contributed by atoms with van der Waals surface area (Å²) >= 11 is 6.53. The zero-order chi connectivity index (χ0) is 27.3. The maximum atomic E-state index is 12.9. The second kappa shape index (κ2) is 10.0. The normalized spacial score (nSPS) is 17.9. The van der Waals surface area contributed by atoms with E-state index in [1.54, 1.807) is 23.3 Å². The third kappa shape index (κ3) is 5.08. The highest BCUT2D eigenvalue weighted by molar-refractivity contribution is 6.31. The largest absolute Gasteiger partial charge is 0.383 e. The zero-order valence-corrected chi connectivity index (χ0v) is 22.8. The summed E-state index contributed by atoms with van der Waals surface area (Å²) in [4.78, 5) is 31.7. The van der Waals surface area contributed by atoms with Crippen molar-refractivity contribution in [2.75, 3.05) is 18.8 Å². The van der Waals surface area contributed by atoms with Crippen molar-refractivity contribution in [3.63, 3.8) is 0 Å². The molecule has 2 atom stereocenters. The predicted molar refractivity (Wildman–Crippen MR) is 151 cm³/mol. The molecule has 8 nitrogen and oxygen atoms in total. The molecule has 1 aliphatic heterocycles. The Morgan fingerprint density at radius 3 is 2.69 bits per heavy atom. The molecule has 0 bridgehead atoms. The summed E-state index contributed by atoms with van der Waals surface area (Å²) in [6, 6.07) is 9.72. The number of piperidine rings is 1. The van der Waals surface area contributed by atoms with Crippen LogP contribution in [0.25, 0.3) is 10.8 Å². The highest BCUT2D eigenvalue weighted by Gasteiger charge is 2.46. The number of benzene rings is 2. The lowest BCUT2D eigenvalue weighted by atomic mass is 9.96. The Bertz CT molecular complexity index is 1600. The zero-order valence-electron chi connectivity index (χ0n) is 22.1. The first-order valence-electron chi connectivity index (χ1n) is 13.3. The third-order valence-corrected chi connectivity index (χ3v) is 8.52. The van der Waals surface area contributed by atoms with E-state index in [2.05, 4.69) is 15.4 Å². The first kappa shape index (κ1) is 25.4. The van der Waals surface area contributed by atoms with Gasteiger partial charge in [0.25, 0.3) is 5.91 Å². The van der Waals surface area contributed by atoms with Gasteiger partial charge in [-0.15, -0.1) is 0 Å². The molecule has 2 amide bonds. The van der Waals surface area contributed by atoms with Crippen LogP contribution in [0.1, 0.15) is 44.6 Å². The Balaban J connectivity index is 1.08. The minimum absolute atomic E-state index is 0.148. The molecule has 6 rings (SSSR count). The Morgan fingerprint density at radius 1 is 1.13 bits per heavy atom. The fourth-order valence-electron chi connectivity index (χ4n) is 5.74. The van der Waals surface area contributed by atoms with Crippen LogP contribution in [0.4, 0.5) is 5.82 Å². The van der Waals surface area contributed by atoms with E-state index < -0.39 is 0 Å². The van der Waals surface area contributed by atoms with Crippen LogP contribution in [0.3, 0.4) is 0 Å². The molecule has 2 unspecified atom stereocenters. The Morgan fingerprint density at radius 2 is 1.92 bits per heavy atom. The summed E-state index contributed by atoms with van der Waals surface area (Å²) in [5.41, 5.74) is 11.5. The summed E-state index contributed by atoms with van der Waals surface area (Å²) in [6.45, 7) is 6.70. The molecule has 3 N–H and O–H groups in total. The average molecular weight is 543 g/mol. The number of hydrogen-bond donors (Lipinski definition) is 2. The molecule has 1 aliphatic carbocycles. The molecule has 9 heteroatoms. The second-order valence-corrected chi connectivity index (χ2v) is 11.3. The van der Waals surface area contributed by atoms with Gasteiger partial charge in [-0.1, -0.05) is 23.7 Å². The monoisotopic (exact) mass is 542 g/mol. The topological polar surface area (TPSA) is 106 Å².